The molecule has 0 amide bonds. The third-order valence-electron chi connectivity index (χ3n) is 8.88. The van der Waals surface area contributed by atoms with Crippen molar-refractivity contribution < 1.29 is 18.9 Å². The van der Waals surface area contributed by atoms with E-state index in [4.69, 9.17) is 18.9 Å². The molecule has 0 N–H and O–H groups in total. The third kappa shape index (κ3) is 7.42. The highest BCUT2D eigenvalue weighted by Gasteiger charge is 2.31. The van der Waals surface area contributed by atoms with Crippen LogP contribution in [0.25, 0.3) is 0 Å². The Kier molecular flexibility index (Phi) is 9.55. The fourth-order valence-electron chi connectivity index (χ4n) is 6.33. The highest BCUT2D eigenvalue weighted by atomic mass is 16.7. The van der Waals surface area contributed by atoms with Crippen LogP contribution in [0.2, 0.25) is 0 Å². The van der Waals surface area contributed by atoms with E-state index in [-0.39, 0.29) is 12.6 Å². The van der Waals surface area contributed by atoms with Gasteiger partial charge in [0, 0.05) is 24.7 Å². The topological polar surface area (TPSA) is 36.9 Å². The molecule has 4 aliphatic rings. The second-order valence-electron chi connectivity index (χ2n) is 11.2. The summed E-state index contributed by atoms with van der Waals surface area (Å²) in [4.78, 5) is 0. The molecule has 2 saturated carbocycles. The van der Waals surface area contributed by atoms with Crippen molar-refractivity contribution in [1.82, 2.24) is 0 Å². The molecule has 4 fully saturated rings. The number of hydrogen-bond donors (Lipinski definition) is 0. The third-order valence-corrected chi connectivity index (χ3v) is 8.88. The second kappa shape index (κ2) is 12.3. The first-order chi connectivity index (χ1) is 15.2. The number of ether oxygens (including phenoxy) is 4. The van der Waals surface area contributed by atoms with Crippen LogP contribution in [0.1, 0.15) is 97.3 Å². The van der Waals surface area contributed by atoms with E-state index in [1.54, 1.807) is 0 Å². The second-order valence-corrected chi connectivity index (χ2v) is 11.2. The molecular weight excluding hydrogens is 388 g/mol. The van der Waals surface area contributed by atoms with E-state index in [0.29, 0.717) is 11.8 Å². The molecule has 4 rings (SSSR count). The van der Waals surface area contributed by atoms with Crippen molar-refractivity contribution in [3.63, 3.8) is 0 Å². The summed E-state index contributed by atoms with van der Waals surface area (Å²) >= 11 is 0. The van der Waals surface area contributed by atoms with Crippen molar-refractivity contribution in [2.24, 2.45) is 35.5 Å². The first-order valence-electron chi connectivity index (χ1n) is 13.7. The Balaban J connectivity index is 1.07. The van der Waals surface area contributed by atoms with Gasteiger partial charge >= 0.3 is 0 Å². The van der Waals surface area contributed by atoms with Crippen molar-refractivity contribution >= 4 is 0 Å². The molecule has 31 heavy (non-hydrogen) atoms. The van der Waals surface area contributed by atoms with Gasteiger partial charge in [-0.15, -0.1) is 0 Å². The molecule has 0 spiro atoms. The summed E-state index contributed by atoms with van der Waals surface area (Å²) in [6, 6.07) is 0. The molecular formula is C27H48O4. The minimum absolute atomic E-state index is 0.0737. The van der Waals surface area contributed by atoms with Crippen molar-refractivity contribution in [1.29, 1.82) is 0 Å². The van der Waals surface area contributed by atoms with Gasteiger partial charge in [-0.25, -0.2) is 0 Å². The molecule has 0 aromatic carbocycles. The van der Waals surface area contributed by atoms with E-state index in [1.165, 1.54) is 70.6 Å². The number of hydrogen-bond acceptors (Lipinski definition) is 4. The normalized spacial score (nSPS) is 42.4. The lowest BCUT2D eigenvalue weighted by Crippen LogP contribution is -2.34. The Labute approximate surface area is 191 Å². The smallest absolute Gasteiger partial charge is 0.157 e. The van der Waals surface area contributed by atoms with Gasteiger partial charge in [-0.1, -0.05) is 39.5 Å². The Bertz CT molecular complexity index is 435. The van der Waals surface area contributed by atoms with E-state index in [0.717, 1.165) is 62.9 Å². The predicted molar refractivity (Wildman–Crippen MR) is 124 cm³/mol. The molecule has 0 unspecified atom stereocenters. The average Bonchev–Trinajstić information content (AvgIpc) is 2.82. The molecule has 0 aromatic rings. The van der Waals surface area contributed by atoms with Crippen LogP contribution in [0.15, 0.2) is 0 Å². The highest BCUT2D eigenvalue weighted by Crippen LogP contribution is 2.41. The molecule has 0 bridgehead atoms. The maximum absolute atomic E-state index is 5.97. The maximum Gasteiger partial charge on any atom is 0.157 e. The van der Waals surface area contributed by atoms with Crippen LogP contribution in [-0.2, 0) is 18.9 Å². The van der Waals surface area contributed by atoms with Crippen molar-refractivity contribution in [3.05, 3.63) is 0 Å². The summed E-state index contributed by atoms with van der Waals surface area (Å²) in [5.74, 6) is 4.78. The van der Waals surface area contributed by atoms with Gasteiger partial charge in [0.2, 0.25) is 0 Å². The lowest BCUT2D eigenvalue weighted by Gasteiger charge is -2.37. The van der Waals surface area contributed by atoms with E-state index in [2.05, 4.69) is 13.8 Å². The minimum Gasteiger partial charge on any atom is -0.352 e. The van der Waals surface area contributed by atoms with Gasteiger partial charge in [0.15, 0.2) is 12.6 Å². The van der Waals surface area contributed by atoms with Gasteiger partial charge in [-0.2, -0.15) is 0 Å². The zero-order chi connectivity index (χ0) is 21.5. The largest absolute Gasteiger partial charge is 0.352 e. The fourth-order valence-corrected chi connectivity index (χ4v) is 6.33. The van der Waals surface area contributed by atoms with Crippen LogP contribution >= 0.6 is 0 Å². The highest BCUT2D eigenvalue weighted by molar-refractivity contribution is 4.80. The van der Waals surface area contributed by atoms with E-state index in [1.807, 2.05) is 0 Å². The Hall–Kier alpha value is -0.160. The van der Waals surface area contributed by atoms with Crippen molar-refractivity contribution in [2.75, 3.05) is 26.4 Å². The van der Waals surface area contributed by atoms with Crippen LogP contribution < -0.4 is 0 Å². The van der Waals surface area contributed by atoms with Crippen molar-refractivity contribution in [2.45, 2.75) is 110 Å². The van der Waals surface area contributed by atoms with Crippen LogP contribution in [0, 0.1) is 35.5 Å². The van der Waals surface area contributed by atoms with E-state index in [9.17, 15) is 0 Å². The summed E-state index contributed by atoms with van der Waals surface area (Å²) in [5.41, 5.74) is 0. The predicted octanol–water partition coefficient (Wildman–Crippen LogP) is 6.57. The summed E-state index contributed by atoms with van der Waals surface area (Å²) in [6.45, 7) is 8.06. The average molecular weight is 437 g/mol. The van der Waals surface area contributed by atoms with Gasteiger partial charge in [0.25, 0.3) is 0 Å². The Morgan fingerprint density at radius 1 is 0.419 bits per heavy atom. The zero-order valence-electron chi connectivity index (χ0n) is 20.3. The van der Waals surface area contributed by atoms with E-state index < -0.39 is 0 Å². The molecule has 0 atom stereocenters. The molecule has 4 heteroatoms. The van der Waals surface area contributed by atoms with Crippen molar-refractivity contribution in [3.8, 4) is 0 Å². The Morgan fingerprint density at radius 3 is 1.00 bits per heavy atom. The van der Waals surface area contributed by atoms with Gasteiger partial charge in [-0.3, -0.25) is 0 Å². The molecule has 180 valence electrons. The minimum atomic E-state index is 0.0737. The van der Waals surface area contributed by atoms with Crippen LogP contribution in [0.3, 0.4) is 0 Å². The molecule has 2 saturated heterocycles. The molecule has 2 heterocycles. The first kappa shape index (κ1) is 24.0. The Morgan fingerprint density at radius 2 is 0.710 bits per heavy atom. The molecule has 0 radical (unpaired) electrons. The van der Waals surface area contributed by atoms with Crippen LogP contribution in [-0.4, -0.2) is 39.0 Å². The first-order valence-corrected chi connectivity index (χ1v) is 13.7. The molecule has 2 aliphatic carbocycles. The molecule has 2 aliphatic heterocycles. The standard InChI is InChI=1S/C27H48O4/c1-3-20-16-28-26(29-17-20)14-24-9-5-22(6-10-24)13-23-7-11-25(12-8-23)15-27-30-18-21(4-2)19-31-27/h20-27H,3-19H2,1-2H3. The van der Waals surface area contributed by atoms with Gasteiger partial charge in [0.05, 0.1) is 26.4 Å². The van der Waals surface area contributed by atoms with Crippen LogP contribution in [0.5, 0.6) is 0 Å². The maximum atomic E-state index is 5.97. The quantitative estimate of drug-likeness (QED) is 0.431. The fraction of sp³-hybridized carbons (Fsp3) is 1.00. The van der Waals surface area contributed by atoms with Gasteiger partial charge < -0.3 is 18.9 Å². The molecule has 0 aromatic heterocycles. The van der Waals surface area contributed by atoms with Crippen LogP contribution in [0.4, 0.5) is 0 Å². The summed E-state index contributed by atoms with van der Waals surface area (Å²) in [7, 11) is 0. The lowest BCUT2D eigenvalue weighted by atomic mass is 9.72. The number of rotatable bonds is 8. The summed E-state index contributed by atoms with van der Waals surface area (Å²) < 4.78 is 23.9. The summed E-state index contributed by atoms with van der Waals surface area (Å²) in [5, 5.41) is 0. The zero-order valence-corrected chi connectivity index (χ0v) is 20.3. The summed E-state index contributed by atoms with van der Waals surface area (Å²) in [6.07, 6.45) is 17.5. The van der Waals surface area contributed by atoms with E-state index >= 15 is 0 Å². The SMILES string of the molecule is CCC1COC(CC2CCC(CC3CCC(CC4OCC(CC)CO4)CC3)CC2)OC1. The lowest BCUT2D eigenvalue weighted by molar-refractivity contribution is -0.209. The van der Waals surface area contributed by atoms with Gasteiger partial charge in [0.1, 0.15) is 0 Å². The molecule has 4 nitrogen and oxygen atoms in total. The van der Waals surface area contributed by atoms with Gasteiger partial charge in [-0.05, 0) is 68.6 Å². The monoisotopic (exact) mass is 436 g/mol.